The van der Waals surface area contributed by atoms with Crippen LogP contribution in [0.4, 0.5) is 0 Å². The molecule has 0 bridgehead atoms. The van der Waals surface area contributed by atoms with E-state index < -0.39 is 0 Å². The van der Waals surface area contributed by atoms with Gasteiger partial charge in [-0.1, -0.05) is 13.8 Å². The first-order valence-electron chi connectivity index (χ1n) is 8.22. The molecule has 3 heteroatoms. The summed E-state index contributed by atoms with van der Waals surface area (Å²) in [6, 6.07) is 1.40. The molecule has 1 N–H and O–H groups in total. The molecule has 2 aliphatic heterocycles. The third-order valence-corrected chi connectivity index (χ3v) is 5.20. The van der Waals surface area contributed by atoms with E-state index >= 15 is 0 Å². The summed E-state index contributed by atoms with van der Waals surface area (Å²) in [5.41, 5.74) is 0. The van der Waals surface area contributed by atoms with Gasteiger partial charge in [0.25, 0.3) is 0 Å². The van der Waals surface area contributed by atoms with Gasteiger partial charge in [-0.25, -0.2) is 0 Å². The van der Waals surface area contributed by atoms with Crippen molar-refractivity contribution in [2.75, 3.05) is 39.8 Å². The molecule has 0 spiro atoms. The van der Waals surface area contributed by atoms with Crippen LogP contribution in [0.2, 0.25) is 0 Å². The number of nitrogens with one attached hydrogen (secondary N) is 1. The summed E-state index contributed by atoms with van der Waals surface area (Å²) in [7, 11) is 2.25. The Balaban J connectivity index is 1.74. The Hall–Kier alpha value is -0.120. The number of piperazine rings is 1. The number of likely N-dealkylation sites (tertiary alicyclic amines) is 1. The molecule has 0 radical (unpaired) electrons. The van der Waals surface area contributed by atoms with Crippen LogP contribution in [-0.2, 0) is 0 Å². The van der Waals surface area contributed by atoms with Gasteiger partial charge in [-0.05, 0) is 64.7 Å². The molecule has 2 rings (SSSR count). The molecular formula is C16H33N3. The highest BCUT2D eigenvalue weighted by atomic mass is 15.2. The van der Waals surface area contributed by atoms with Gasteiger partial charge in [0.1, 0.15) is 0 Å². The van der Waals surface area contributed by atoms with Crippen molar-refractivity contribution in [3.05, 3.63) is 0 Å². The van der Waals surface area contributed by atoms with Crippen molar-refractivity contribution in [2.45, 2.75) is 52.1 Å². The van der Waals surface area contributed by atoms with Crippen LogP contribution in [0.5, 0.6) is 0 Å². The predicted molar refractivity (Wildman–Crippen MR) is 82.5 cm³/mol. The fourth-order valence-electron chi connectivity index (χ4n) is 3.41. The molecule has 112 valence electrons. The highest BCUT2D eigenvalue weighted by Gasteiger charge is 2.27. The third kappa shape index (κ3) is 4.44. The van der Waals surface area contributed by atoms with Crippen LogP contribution in [0.25, 0.3) is 0 Å². The van der Waals surface area contributed by atoms with Crippen LogP contribution in [0.1, 0.15) is 40.0 Å². The third-order valence-electron chi connectivity index (χ3n) is 5.20. The second-order valence-electron chi connectivity index (χ2n) is 7.14. The van der Waals surface area contributed by atoms with E-state index in [9.17, 15) is 0 Å². The van der Waals surface area contributed by atoms with Crippen molar-refractivity contribution in [1.29, 1.82) is 0 Å². The largest absolute Gasteiger partial charge is 0.311 e. The quantitative estimate of drug-likeness (QED) is 0.841. The van der Waals surface area contributed by atoms with E-state index in [-0.39, 0.29) is 0 Å². The first kappa shape index (κ1) is 15.3. The maximum absolute atomic E-state index is 3.69. The first-order valence-corrected chi connectivity index (χ1v) is 8.22. The normalized spacial score (nSPS) is 32.1. The molecule has 2 heterocycles. The zero-order valence-corrected chi connectivity index (χ0v) is 13.4. The van der Waals surface area contributed by atoms with E-state index in [1.807, 2.05) is 0 Å². The van der Waals surface area contributed by atoms with Gasteiger partial charge in [-0.15, -0.1) is 0 Å². The molecule has 2 fully saturated rings. The summed E-state index contributed by atoms with van der Waals surface area (Å²) in [5.74, 6) is 1.72. The van der Waals surface area contributed by atoms with Crippen LogP contribution >= 0.6 is 0 Å². The average molecular weight is 267 g/mol. The number of piperidine rings is 1. The number of hydrogen-bond donors (Lipinski definition) is 1. The van der Waals surface area contributed by atoms with Gasteiger partial charge < -0.3 is 10.2 Å². The van der Waals surface area contributed by atoms with Crippen molar-refractivity contribution >= 4 is 0 Å². The molecule has 0 aromatic carbocycles. The smallest absolute Gasteiger partial charge is 0.0218 e. The SMILES string of the molecule is CC(C)C1CN(CCC2CCN(C)CC2)C(C)CN1. The lowest BCUT2D eigenvalue weighted by Crippen LogP contribution is -2.57. The van der Waals surface area contributed by atoms with Gasteiger partial charge in [0, 0.05) is 25.2 Å². The Bertz CT molecular complexity index is 259. The highest BCUT2D eigenvalue weighted by Crippen LogP contribution is 2.21. The standard InChI is InChI=1S/C16H33N3/c1-13(2)16-12-19(14(3)11-17-16)10-7-15-5-8-18(4)9-6-15/h13-17H,5-12H2,1-4H3. The van der Waals surface area contributed by atoms with Crippen LogP contribution < -0.4 is 5.32 Å². The minimum Gasteiger partial charge on any atom is -0.311 e. The Morgan fingerprint density at radius 1 is 1.21 bits per heavy atom. The van der Waals surface area contributed by atoms with E-state index in [0.29, 0.717) is 12.1 Å². The monoisotopic (exact) mass is 267 g/mol. The number of nitrogens with zero attached hydrogens (tertiary/aromatic N) is 2. The van der Waals surface area contributed by atoms with Gasteiger partial charge in [0.2, 0.25) is 0 Å². The zero-order chi connectivity index (χ0) is 13.8. The predicted octanol–water partition coefficient (Wildman–Crippen LogP) is 2.04. The van der Waals surface area contributed by atoms with Crippen molar-refractivity contribution in [3.63, 3.8) is 0 Å². The van der Waals surface area contributed by atoms with Crippen LogP contribution in [0, 0.1) is 11.8 Å². The van der Waals surface area contributed by atoms with Crippen molar-refractivity contribution < 1.29 is 0 Å². The Kier molecular flexibility index (Phi) is 5.67. The maximum Gasteiger partial charge on any atom is 0.0218 e. The van der Waals surface area contributed by atoms with E-state index in [4.69, 9.17) is 0 Å². The lowest BCUT2D eigenvalue weighted by molar-refractivity contribution is 0.108. The van der Waals surface area contributed by atoms with E-state index in [0.717, 1.165) is 18.4 Å². The molecule has 2 unspecified atom stereocenters. The van der Waals surface area contributed by atoms with Crippen LogP contribution in [0.15, 0.2) is 0 Å². The molecule has 0 saturated carbocycles. The maximum atomic E-state index is 3.69. The molecule has 3 nitrogen and oxygen atoms in total. The summed E-state index contributed by atoms with van der Waals surface area (Å²) in [6.07, 6.45) is 4.22. The average Bonchev–Trinajstić information content (AvgIpc) is 2.39. The van der Waals surface area contributed by atoms with Gasteiger partial charge in [-0.2, -0.15) is 0 Å². The Labute approximate surface area is 119 Å². The van der Waals surface area contributed by atoms with E-state index in [1.165, 1.54) is 45.4 Å². The summed E-state index contributed by atoms with van der Waals surface area (Å²) >= 11 is 0. The fraction of sp³-hybridized carbons (Fsp3) is 1.00. The van der Waals surface area contributed by atoms with Gasteiger partial charge in [0.15, 0.2) is 0 Å². The van der Waals surface area contributed by atoms with Crippen molar-refractivity contribution in [2.24, 2.45) is 11.8 Å². The van der Waals surface area contributed by atoms with Gasteiger partial charge in [0.05, 0.1) is 0 Å². The van der Waals surface area contributed by atoms with Gasteiger partial charge >= 0.3 is 0 Å². The van der Waals surface area contributed by atoms with E-state index in [1.54, 1.807) is 0 Å². The van der Waals surface area contributed by atoms with Crippen molar-refractivity contribution in [1.82, 2.24) is 15.1 Å². The zero-order valence-electron chi connectivity index (χ0n) is 13.4. The van der Waals surface area contributed by atoms with Gasteiger partial charge in [-0.3, -0.25) is 4.90 Å². The summed E-state index contributed by atoms with van der Waals surface area (Å²) < 4.78 is 0. The minimum absolute atomic E-state index is 0.689. The molecule has 2 saturated heterocycles. The molecule has 2 aliphatic rings. The Morgan fingerprint density at radius 3 is 2.53 bits per heavy atom. The number of hydrogen-bond acceptors (Lipinski definition) is 3. The fourth-order valence-corrected chi connectivity index (χ4v) is 3.41. The van der Waals surface area contributed by atoms with Crippen molar-refractivity contribution in [3.8, 4) is 0 Å². The molecule has 0 aromatic heterocycles. The molecule has 0 aromatic rings. The summed E-state index contributed by atoms with van der Waals surface area (Å²) in [4.78, 5) is 5.19. The lowest BCUT2D eigenvalue weighted by Gasteiger charge is -2.41. The minimum atomic E-state index is 0.689. The molecular weight excluding hydrogens is 234 g/mol. The molecule has 2 atom stereocenters. The van der Waals surface area contributed by atoms with Crippen LogP contribution in [-0.4, -0.2) is 61.7 Å². The first-order chi connectivity index (χ1) is 9.06. The molecule has 19 heavy (non-hydrogen) atoms. The Morgan fingerprint density at radius 2 is 1.89 bits per heavy atom. The highest BCUT2D eigenvalue weighted by molar-refractivity contribution is 4.86. The summed E-state index contributed by atoms with van der Waals surface area (Å²) in [6.45, 7) is 13.4. The van der Waals surface area contributed by atoms with E-state index in [2.05, 4.69) is 42.9 Å². The lowest BCUT2D eigenvalue weighted by atomic mass is 9.92. The van der Waals surface area contributed by atoms with Crippen LogP contribution in [0.3, 0.4) is 0 Å². The number of rotatable bonds is 4. The molecule has 0 amide bonds. The second-order valence-corrected chi connectivity index (χ2v) is 7.14. The topological polar surface area (TPSA) is 18.5 Å². The second kappa shape index (κ2) is 7.05. The molecule has 0 aliphatic carbocycles. The summed E-state index contributed by atoms with van der Waals surface area (Å²) in [5, 5.41) is 3.69.